The van der Waals surface area contributed by atoms with Gasteiger partial charge in [0.05, 0.1) is 25.2 Å². The lowest BCUT2D eigenvalue weighted by Gasteiger charge is -2.30. The molecule has 7 unspecified atom stereocenters. The van der Waals surface area contributed by atoms with Gasteiger partial charge in [0.15, 0.2) is 17.7 Å². The van der Waals surface area contributed by atoms with Gasteiger partial charge in [-0.15, -0.1) is 0 Å². The third-order valence-electron chi connectivity index (χ3n) is 9.64. The number of aliphatic hydroxyl groups excluding tert-OH is 2. The Balaban J connectivity index is 1.22. The minimum atomic E-state index is -5.60. The van der Waals surface area contributed by atoms with E-state index in [0.29, 0.717) is 30.5 Å². The molecular weight excluding hydrogens is 1340 g/mol. The van der Waals surface area contributed by atoms with E-state index in [1.807, 2.05) is 19.9 Å². The number of halogens is 3. The number of phosphoric acid groups is 3. The Hall–Kier alpha value is -1.82. The lowest BCUT2D eigenvalue weighted by atomic mass is 9.87. The number of nitrogens with two attached hydrogens (primary N) is 1. The number of aliphatic hydroxyl groups is 2. The number of fused-ring (bicyclic) bond motifs is 1. The number of imidazole rings is 1. The van der Waals surface area contributed by atoms with Gasteiger partial charge in [0, 0.05) is 58.9 Å². The van der Waals surface area contributed by atoms with Crippen LogP contribution >= 0.6 is 103 Å². The molecule has 1 aliphatic heterocycles. The maximum Gasteiger partial charge on any atom is 0.481 e. The molecule has 3 heterocycles. The lowest BCUT2D eigenvalue weighted by molar-refractivity contribution is -0.137. The first-order chi connectivity index (χ1) is 32.1. The predicted octanol–water partition coefficient (Wildman–Crippen LogP) is 3.71. The number of carbonyl (C=O) groups excluding carboxylic acids is 4. The van der Waals surface area contributed by atoms with Crippen LogP contribution in [0.5, 0.6) is 0 Å². The monoisotopic (exact) mass is 1390 g/mol. The summed E-state index contributed by atoms with van der Waals surface area (Å²) < 4.78 is 65.1. The molecule has 2 aromatic heterocycles. The number of nitrogen functional groups attached to an aromatic ring is 1. The number of hydrogen-bond donors (Lipinski definition) is 10. The van der Waals surface area contributed by atoms with Gasteiger partial charge in [0.25, 0.3) is 0 Å². The number of anilines is 2. The molecule has 3 aromatic rings. The summed E-state index contributed by atoms with van der Waals surface area (Å²) in [6.07, 6.45) is -3.75. The van der Waals surface area contributed by atoms with Gasteiger partial charge in [-0.2, -0.15) is 4.31 Å². The van der Waals surface area contributed by atoms with Crippen molar-refractivity contribution in [2.75, 3.05) is 43.1 Å². The number of aromatic nitrogens is 4. The average molecular weight is 1390 g/mol. The molecule has 384 valence electrons. The van der Waals surface area contributed by atoms with Crippen molar-refractivity contribution in [1.82, 2.24) is 30.2 Å². The number of amides is 3. The van der Waals surface area contributed by atoms with Gasteiger partial charge >= 0.3 is 23.5 Å². The maximum absolute atomic E-state index is 13.1. The highest BCUT2D eigenvalue weighted by Gasteiger charge is 2.50. The first-order valence-electron chi connectivity index (χ1n) is 20.3. The summed E-state index contributed by atoms with van der Waals surface area (Å²) in [5.74, 6) is -1.39. The molecule has 4 rings (SSSR count). The zero-order valence-corrected chi connectivity index (χ0v) is 46.9. The van der Waals surface area contributed by atoms with Crippen LogP contribution in [0.4, 0.5) is 11.5 Å². The molecule has 1 saturated heterocycles. The van der Waals surface area contributed by atoms with Crippen molar-refractivity contribution >= 4 is 155 Å². The summed E-state index contributed by atoms with van der Waals surface area (Å²) >= 11 is 7.52. The van der Waals surface area contributed by atoms with Crippen LogP contribution in [0, 0.1) is 16.1 Å². The minimum Gasteiger partial charge on any atom is -0.386 e. The van der Waals surface area contributed by atoms with E-state index < -0.39 is 84.6 Å². The Morgan fingerprint density at radius 1 is 0.986 bits per heavy atom. The second-order valence-electron chi connectivity index (χ2n) is 15.5. The van der Waals surface area contributed by atoms with Crippen molar-refractivity contribution in [3.63, 3.8) is 0 Å². The van der Waals surface area contributed by atoms with E-state index in [9.17, 15) is 62.7 Å². The van der Waals surface area contributed by atoms with Gasteiger partial charge in [-0.1, -0.05) is 39.5 Å². The average Bonchev–Trinajstić information content (AvgIpc) is 3.82. The highest BCUT2D eigenvalue weighted by atomic mass is 127. The van der Waals surface area contributed by atoms with Gasteiger partial charge in [-0.25, -0.2) is 28.6 Å². The number of benzene rings is 1. The van der Waals surface area contributed by atoms with E-state index in [0.717, 1.165) is 45.3 Å². The standard InChI is InChI=1S/C36H50I3N8O18P3S/c1-5-7-24(49)46-26-21(38)13-20(37)19(25(26)39)12-18(6-2)35(53)69-11-10-41-23(48)8-9-42-33(52)30(51)36(3,4)15-62-68(59,60)65-67(57,58)61-14-22-29(64-66(54,55)56)28(50)34(63-22)47-17-45-27-31(40)43-16-44-32(27)47/h12-13,16-17,22,28-30,34,50-51H,5-11,14-15H2,1-4H3,(H,41,48)(H,42,52)(H,46,49)(H,57,58)(H,59,60)(H2,40,43,44)(H2,54,55,56)/b18-12+. The van der Waals surface area contributed by atoms with Gasteiger partial charge in [0.1, 0.15) is 36.3 Å². The van der Waals surface area contributed by atoms with E-state index >= 15 is 0 Å². The smallest absolute Gasteiger partial charge is 0.386 e. The zero-order valence-electron chi connectivity index (χ0n) is 36.9. The van der Waals surface area contributed by atoms with Crippen LogP contribution in [-0.2, 0) is 55.5 Å². The maximum atomic E-state index is 13.1. The van der Waals surface area contributed by atoms with Crippen LogP contribution in [-0.4, -0.2) is 129 Å². The largest absolute Gasteiger partial charge is 0.481 e. The molecular formula is C36H50I3N8O18P3S. The highest BCUT2D eigenvalue weighted by Crippen LogP contribution is 2.61. The quantitative estimate of drug-likeness (QED) is 0.0250. The summed E-state index contributed by atoms with van der Waals surface area (Å²) in [6.45, 7) is 4.08. The van der Waals surface area contributed by atoms with Crippen LogP contribution in [0.2, 0.25) is 0 Å². The van der Waals surface area contributed by atoms with Crippen LogP contribution in [0.25, 0.3) is 17.2 Å². The second kappa shape index (κ2) is 25.9. The molecule has 0 aliphatic carbocycles. The molecule has 26 nitrogen and oxygen atoms in total. The summed E-state index contributed by atoms with van der Waals surface area (Å²) in [5.41, 5.74) is 6.26. The second-order valence-corrected chi connectivity index (χ2v) is 24.2. The summed E-state index contributed by atoms with van der Waals surface area (Å²) in [6, 6.07) is 1.93. The number of ether oxygens (including phenoxy) is 1. The van der Waals surface area contributed by atoms with Crippen LogP contribution in [0.15, 0.2) is 24.3 Å². The molecule has 0 saturated carbocycles. The van der Waals surface area contributed by atoms with Crippen molar-refractivity contribution in [3.8, 4) is 0 Å². The van der Waals surface area contributed by atoms with E-state index in [1.54, 1.807) is 6.08 Å². The van der Waals surface area contributed by atoms with Gasteiger partial charge < -0.3 is 56.2 Å². The van der Waals surface area contributed by atoms with Crippen molar-refractivity contribution in [3.05, 3.63) is 40.6 Å². The van der Waals surface area contributed by atoms with Crippen LogP contribution in [0.3, 0.4) is 0 Å². The Morgan fingerprint density at radius 2 is 1.67 bits per heavy atom. The fourth-order valence-corrected chi connectivity index (χ4v) is 13.7. The normalized spacial score (nSPS) is 20.0. The zero-order chi connectivity index (χ0) is 51.6. The Labute approximate surface area is 439 Å². The Bertz CT molecular complexity index is 2560. The fraction of sp³-hybridized carbons (Fsp3) is 0.528. The molecule has 0 bridgehead atoms. The van der Waals surface area contributed by atoms with Crippen LogP contribution in [0.1, 0.15) is 65.2 Å². The Morgan fingerprint density at radius 3 is 2.32 bits per heavy atom. The van der Waals surface area contributed by atoms with Gasteiger partial charge in [0.2, 0.25) is 22.8 Å². The molecule has 1 aliphatic rings. The molecule has 0 spiro atoms. The van der Waals surface area contributed by atoms with E-state index in [4.69, 9.17) is 19.5 Å². The minimum absolute atomic E-state index is 0.0228. The predicted molar refractivity (Wildman–Crippen MR) is 273 cm³/mol. The number of rotatable bonds is 25. The topological polar surface area (TPSA) is 393 Å². The van der Waals surface area contributed by atoms with Crippen molar-refractivity contribution in [2.24, 2.45) is 5.41 Å². The fourth-order valence-electron chi connectivity index (χ4n) is 6.13. The number of hydrogen-bond acceptors (Lipinski definition) is 19. The first-order valence-corrected chi connectivity index (χ1v) is 29.1. The van der Waals surface area contributed by atoms with Gasteiger partial charge in [-0.3, -0.25) is 37.3 Å². The first kappa shape index (κ1) is 59.7. The van der Waals surface area contributed by atoms with Crippen molar-refractivity contribution < 1.29 is 85.3 Å². The van der Waals surface area contributed by atoms with E-state index in [1.165, 1.54) is 13.8 Å². The third kappa shape index (κ3) is 17.4. The summed E-state index contributed by atoms with van der Waals surface area (Å²) in [5, 5.41) is 29.4. The number of thioether (sulfide) groups is 1. The van der Waals surface area contributed by atoms with Gasteiger partial charge in [-0.05, 0) is 92.8 Å². The lowest BCUT2D eigenvalue weighted by Crippen LogP contribution is -2.46. The number of nitrogens with zero attached hydrogens (tertiary/aromatic N) is 4. The highest BCUT2D eigenvalue weighted by molar-refractivity contribution is 14.1. The number of carbonyl (C=O) groups is 4. The molecule has 33 heteroatoms. The summed E-state index contributed by atoms with van der Waals surface area (Å²) in [7, 11) is -16.5. The molecule has 1 fully saturated rings. The van der Waals surface area contributed by atoms with Crippen molar-refractivity contribution in [2.45, 2.75) is 84.0 Å². The number of phosphoric ester groups is 3. The summed E-state index contributed by atoms with van der Waals surface area (Å²) in [4.78, 5) is 102. The van der Waals surface area contributed by atoms with E-state index in [2.05, 4.69) is 108 Å². The van der Waals surface area contributed by atoms with Crippen LogP contribution < -0.4 is 21.7 Å². The van der Waals surface area contributed by atoms with Crippen molar-refractivity contribution in [1.29, 1.82) is 0 Å². The molecule has 69 heavy (non-hydrogen) atoms. The molecule has 3 amide bonds. The molecule has 0 radical (unpaired) electrons. The molecule has 11 N–H and O–H groups in total. The van der Waals surface area contributed by atoms with E-state index in [-0.39, 0.29) is 53.3 Å². The third-order valence-corrected chi connectivity index (χ3v) is 16.5. The Kier molecular flexibility index (Phi) is 22.4. The number of nitrogens with one attached hydrogen (secondary N) is 3. The molecule has 7 atom stereocenters. The molecule has 1 aromatic carbocycles. The SMILES string of the molecule is CCCC(=O)Nc1c(I)cc(I)c(/C=C(\CC)C(=O)SCCNC(=O)CCNC(=O)C(O)C(C)(C)COP(=O)(O)OP(=O)(O)OCC2OC(n3cnc4c(N)ncnc43)C(O)C2OP(=O)(O)O)c1I.